The second-order valence-corrected chi connectivity index (χ2v) is 15.3. The summed E-state index contributed by atoms with van der Waals surface area (Å²) in [6, 6.07) is 58.0. The van der Waals surface area contributed by atoms with E-state index in [1.54, 1.807) is 11.8 Å². The summed E-state index contributed by atoms with van der Waals surface area (Å²) in [7, 11) is 0. The van der Waals surface area contributed by atoms with Crippen LogP contribution in [-0.2, 0) is 18.9 Å². The summed E-state index contributed by atoms with van der Waals surface area (Å²) >= 11 is 1.71. The van der Waals surface area contributed by atoms with Crippen LogP contribution in [0.2, 0.25) is 0 Å². The largest absolute Gasteiger partial charge is 0.491 e. The molecule has 6 rings (SSSR count). The summed E-state index contributed by atoms with van der Waals surface area (Å²) in [5.41, 5.74) is 0. The minimum Gasteiger partial charge on any atom is -0.491 e. The predicted octanol–water partition coefficient (Wildman–Crippen LogP) is 9.08. The van der Waals surface area contributed by atoms with Crippen LogP contribution >= 0.6 is 11.8 Å². The van der Waals surface area contributed by atoms with Crippen molar-refractivity contribution in [2.75, 3.05) is 65.2 Å². The molecule has 0 saturated heterocycles. The second kappa shape index (κ2) is 27.4. The highest BCUT2D eigenvalue weighted by molar-refractivity contribution is 7.99. The Labute approximate surface area is 369 Å². The Bertz CT molecular complexity index is 1960. The molecule has 6 aromatic rings. The molecule has 0 aromatic heterocycles. The number of rotatable bonds is 30. The molecule has 5 unspecified atom stereocenters. The van der Waals surface area contributed by atoms with Gasteiger partial charge in [0.1, 0.15) is 92.3 Å². The van der Waals surface area contributed by atoms with Gasteiger partial charge in [-0.1, -0.05) is 109 Å². The van der Waals surface area contributed by atoms with Gasteiger partial charge in [-0.25, -0.2) is 0 Å². The van der Waals surface area contributed by atoms with Gasteiger partial charge < -0.3 is 47.7 Å². The fraction of sp³-hybridized carbons (Fsp3) is 0.294. The van der Waals surface area contributed by atoms with E-state index in [1.165, 1.54) is 0 Å². The standard InChI is InChI=1S/C51H56O10S/c52-41(31-53-42-19-7-1-8-20-42)32-54-47(33-55-43-21-9-2-10-22-43)36-59-48(34-56-44-23-11-3-12-24-44)37-60-49(35-57-45-25-13-4-14-26-45)38-61-50(39-58-46-27-15-5-16-28-46)40-62-51-29-17-6-18-30-51/h1-30,41,47-50,52H,31-40H2. The lowest BCUT2D eigenvalue weighted by molar-refractivity contribution is -0.123. The molecule has 0 saturated carbocycles. The number of thioether (sulfide) groups is 1. The van der Waals surface area contributed by atoms with Gasteiger partial charge in [-0.2, -0.15) is 0 Å². The summed E-state index contributed by atoms with van der Waals surface area (Å²) < 4.78 is 56.3. The Morgan fingerprint density at radius 3 is 0.935 bits per heavy atom. The third-order valence-corrected chi connectivity index (χ3v) is 10.3. The van der Waals surface area contributed by atoms with Crippen LogP contribution < -0.4 is 23.7 Å². The second-order valence-electron chi connectivity index (χ2n) is 14.2. The molecule has 0 fully saturated rings. The number of aliphatic hydroxyl groups excluding tert-OH is 1. The van der Waals surface area contributed by atoms with E-state index in [0.29, 0.717) is 29.6 Å². The SMILES string of the molecule is OC(COc1ccccc1)COC(COc1ccccc1)COC(COc1ccccc1)COC(COc1ccccc1)COC(COc1ccccc1)CSc1ccccc1. The van der Waals surface area contributed by atoms with Crippen LogP contribution in [0.3, 0.4) is 0 Å². The van der Waals surface area contributed by atoms with Gasteiger partial charge in [0.05, 0.1) is 26.4 Å². The topological polar surface area (TPSA) is 103 Å². The zero-order valence-electron chi connectivity index (χ0n) is 34.8. The summed E-state index contributed by atoms with van der Waals surface area (Å²) in [4.78, 5) is 1.14. The molecule has 1 N–H and O–H groups in total. The van der Waals surface area contributed by atoms with Crippen molar-refractivity contribution in [3.8, 4) is 28.7 Å². The van der Waals surface area contributed by atoms with E-state index < -0.39 is 24.4 Å². The van der Waals surface area contributed by atoms with Gasteiger partial charge in [-0.05, 0) is 72.8 Å². The van der Waals surface area contributed by atoms with Gasteiger partial charge in [-0.15, -0.1) is 11.8 Å². The Morgan fingerprint density at radius 2 is 0.581 bits per heavy atom. The molecule has 0 aliphatic carbocycles. The minimum absolute atomic E-state index is 0.00857. The first kappa shape index (κ1) is 46.0. The molecule has 0 heterocycles. The first-order valence-electron chi connectivity index (χ1n) is 20.9. The molecule has 0 bridgehead atoms. The molecule has 326 valence electrons. The maximum Gasteiger partial charge on any atom is 0.119 e. The number of para-hydroxylation sites is 5. The van der Waals surface area contributed by atoms with Crippen molar-refractivity contribution in [3.05, 3.63) is 182 Å². The van der Waals surface area contributed by atoms with E-state index in [4.69, 9.17) is 42.6 Å². The summed E-state index contributed by atoms with van der Waals surface area (Å²) in [6.07, 6.45) is -2.70. The molecule has 11 heteroatoms. The van der Waals surface area contributed by atoms with Gasteiger partial charge >= 0.3 is 0 Å². The van der Waals surface area contributed by atoms with E-state index in [2.05, 4.69) is 12.1 Å². The quantitative estimate of drug-likeness (QED) is 0.0439. The molecule has 0 amide bonds. The summed E-state index contributed by atoms with van der Waals surface area (Å²) in [6.45, 7) is 1.55. The van der Waals surface area contributed by atoms with E-state index in [-0.39, 0.29) is 59.0 Å². The number of aliphatic hydroxyl groups is 1. The summed E-state index contributed by atoms with van der Waals surface area (Å²) in [5.74, 6) is 4.22. The average Bonchev–Trinajstić information content (AvgIpc) is 3.34. The smallest absolute Gasteiger partial charge is 0.119 e. The lowest BCUT2D eigenvalue weighted by Gasteiger charge is -2.27. The van der Waals surface area contributed by atoms with E-state index >= 15 is 0 Å². The minimum atomic E-state index is -0.881. The number of hydrogen-bond acceptors (Lipinski definition) is 11. The van der Waals surface area contributed by atoms with E-state index in [0.717, 1.165) is 16.4 Å². The molecule has 10 nitrogen and oxygen atoms in total. The maximum absolute atomic E-state index is 10.8. The number of ether oxygens (including phenoxy) is 9. The van der Waals surface area contributed by atoms with Crippen molar-refractivity contribution in [3.63, 3.8) is 0 Å². The van der Waals surface area contributed by atoms with Crippen molar-refractivity contribution in [1.29, 1.82) is 0 Å². The number of hydrogen-bond donors (Lipinski definition) is 1. The Morgan fingerprint density at radius 1 is 0.306 bits per heavy atom. The monoisotopic (exact) mass is 860 g/mol. The molecule has 0 aliphatic rings. The lowest BCUT2D eigenvalue weighted by Crippen LogP contribution is -2.39. The van der Waals surface area contributed by atoms with Crippen LogP contribution in [0.1, 0.15) is 0 Å². The molecular weight excluding hydrogens is 805 g/mol. The molecular formula is C51H56O10S. The fourth-order valence-corrected chi connectivity index (χ4v) is 6.76. The van der Waals surface area contributed by atoms with E-state index in [1.807, 2.05) is 170 Å². The first-order valence-corrected chi connectivity index (χ1v) is 21.8. The van der Waals surface area contributed by atoms with Gasteiger partial charge in [0, 0.05) is 10.6 Å². The Balaban J connectivity index is 1.11. The van der Waals surface area contributed by atoms with E-state index in [9.17, 15) is 5.11 Å². The van der Waals surface area contributed by atoms with Crippen LogP contribution in [0.25, 0.3) is 0 Å². The van der Waals surface area contributed by atoms with Gasteiger partial charge in [0.25, 0.3) is 0 Å². The highest BCUT2D eigenvalue weighted by Crippen LogP contribution is 2.21. The van der Waals surface area contributed by atoms with Crippen LogP contribution in [0.4, 0.5) is 0 Å². The third-order valence-electron chi connectivity index (χ3n) is 9.16. The lowest BCUT2D eigenvalue weighted by atomic mass is 10.3. The van der Waals surface area contributed by atoms with Gasteiger partial charge in [0.15, 0.2) is 0 Å². The third kappa shape index (κ3) is 18.2. The Hall–Kier alpha value is -5.53. The maximum atomic E-state index is 10.8. The highest BCUT2D eigenvalue weighted by atomic mass is 32.2. The molecule has 5 atom stereocenters. The van der Waals surface area contributed by atoms with Crippen molar-refractivity contribution in [2.24, 2.45) is 0 Å². The average molecular weight is 861 g/mol. The van der Waals surface area contributed by atoms with Crippen LogP contribution in [-0.4, -0.2) is 101 Å². The van der Waals surface area contributed by atoms with Crippen molar-refractivity contribution >= 4 is 11.8 Å². The van der Waals surface area contributed by atoms with Crippen LogP contribution in [0, 0.1) is 0 Å². The zero-order chi connectivity index (χ0) is 42.7. The summed E-state index contributed by atoms with van der Waals surface area (Å²) in [5, 5.41) is 10.8. The fourth-order valence-electron chi connectivity index (χ4n) is 5.84. The number of benzene rings is 6. The zero-order valence-corrected chi connectivity index (χ0v) is 35.6. The van der Waals surface area contributed by atoms with Crippen molar-refractivity contribution in [1.82, 2.24) is 0 Å². The molecule has 62 heavy (non-hydrogen) atoms. The Kier molecular flexibility index (Phi) is 20.3. The molecule has 6 aromatic carbocycles. The van der Waals surface area contributed by atoms with Crippen LogP contribution in [0.5, 0.6) is 28.7 Å². The molecule has 0 spiro atoms. The van der Waals surface area contributed by atoms with Crippen molar-refractivity contribution < 1.29 is 47.7 Å². The molecule has 0 radical (unpaired) electrons. The van der Waals surface area contributed by atoms with Gasteiger partial charge in [0.2, 0.25) is 0 Å². The normalized spacial score (nSPS) is 13.6. The van der Waals surface area contributed by atoms with Gasteiger partial charge in [-0.3, -0.25) is 0 Å². The first-order chi connectivity index (χ1) is 30.6. The predicted molar refractivity (Wildman–Crippen MR) is 242 cm³/mol. The van der Waals surface area contributed by atoms with Crippen molar-refractivity contribution in [2.45, 2.75) is 35.4 Å². The molecule has 0 aliphatic heterocycles. The van der Waals surface area contributed by atoms with Crippen LogP contribution in [0.15, 0.2) is 187 Å². The highest BCUT2D eigenvalue weighted by Gasteiger charge is 2.23.